The van der Waals surface area contributed by atoms with Crippen LogP contribution >= 0.6 is 34.8 Å². The average molecular weight is 288 g/mol. The molecule has 0 radical (unpaired) electrons. The summed E-state index contributed by atoms with van der Waals surface area (Å²) in [7, 11) is 0. The lowest BCUT2D eigenvalue weighted by Gasteiger charge is -2.10. The molecule has 0 saturated heterocycles. The molecule has 0 amide bonds. The predicted molar refractivity (Wildman–Crippen MR) is 72.5 cm³/mol. The quantitative estimate of drug-likeness (QED) is 0.675. The Bertz CT molecular complexity index is 509. The summed E-state index contributed by atoms with van der Waals surface area (Å²) in [5, 5.41) is 1.27. The van der Waals surface area contributed by atoms with Crippen LogP contribution in [0.25, 0.3) is 0 Å². The molecule has 0 atom stereocenters. The van der Waals surface area contributed by atoms with E-state index in [9.17, 15) is 0 Å². The second-order valence-electron chi connectivity index (χ2n) is 3.41. The van der Waals surface area contributed by atoms with Gasteiger partial charge in [-0.15, -0.1) is 11.6 Å². The van der Waals surface area contributed by atoms with Crippen molar-refractivity contribution in [3.63, 3.8) is 0 Å². The minimum absolute atomic E-state index is 0.308. The van der Waals surface area contributed by atoms with Gasteiger partial charge in [0.25, 0.3) is 0 Å². The van der Waals surface area contributed by atoms with E-state index in [2.05, 4.69) is 0 Å². The van der Waals surface area contributed by atoms with E-state index < -0.39 is 0 Å². The first-order valence-electron chi connectivity index (χ1n) is 4.97. The van der Waals surface area contributed by atoms with Crippen LogP contribution in [0.4, 0.5) is 0 Å². The molecule has 0 fully saturated rings. The van der Waals surface area contributed by atoms with Gasteiger partial charge in [-0.25, -0.2) is 0 Å². The molecule has 0 unspecified atom stereocenters. The molecule has 0 aliphatic carbocycles. The molecule has 0 aliphatic rings. The van der Waals surface area contributed by atoms with Crippen molar-refractivity contribution in [3.8, 4) is 11.5 Å². The highest BCUT2D eigenvalue weighted by molar-refractivity contribution is 6.32. The van der Waals surface area contributed by atoms with Gasteiger partial charge in [-0.1, -0.05) is 29.3 Å². The fraction of sp³-hybridized carbons (Fsp3) is 0.0769. The van der Waals surface area contributed by atoms with Gasteiger partial charge >= 0.3 is 0 Å². The molecule has 2 aromatic rings. The van der Waals surface area contributed by atoms with Gasteiger partial charge < -0.3 is 4.74 Å². The van der Waals surface area contributed by atoms with E-state index in [4.69, 9.17) is 39.5 Å². The van der Waals surface area contributed by atoms with Gasteiger partial charge in [0.15, 0.2) is 0 Å². The normalized spacial score (nSPS) is 10.3. The Morgan fingerprint density at radius 2 is 1.65 bits per heavy atom. The van der Waals surface area contributed by atoms with E-state index in [0.717, 1.165) is 5.56 Å². The van der Waals surface area contributed by atoms with Gasteiger partial charge in [0.1, 0.15) is 11.5 Å². The number of benzene rings is 2. The molecule has 0 spiro atoms. The van der Waals surface area contributed by atoms with Gasteiger partial charge in [-0.2, -0.15) is 0 Å². The number of rotatable bonds is 3. The van der Waals surface area contributed by atoms with Crippen LogP contribution in [0.2, 0.25) is 10.0 Å². The van der Waals surface area contributed by atoms with Crippen molar-refractivity contribution in [2.24, 2.45) is 0 Å². The molecule has 0 N–H and O–H groups in total. The molecular formula is C13H9Cl3O. The highest BCUT2D eigenvalue weighted by Crippen LogP contribution is 2.31. The number of halogens is 3. The van der Waals surface area contributed by atoms with Crippen molar-refractivity contribution in [2.75, 3.05) is 0 Å². The summed E-state index contributed by atoms with van der Waals surface area (Å²) in [4.78, 5) is 0. The highest BCUT2D eigenvalue weighted by Gasteiger charge is 2.07. The van der Waals surface area contributed by atoms with Gasteiger partial charge in [0.2, 0.25) is 0 Å². The highest BCUT2D eigenvalue weighted by atomic mass is 35.5. The monoisotopic (exact) mass is 286 g/mol. The Kier molecular flexibility index (Phi) is 4.16. The summed E-state index contributed by atoms with van der Waals surface area (Å²) in [5.41, 5.74) is 0.783. The first-order chi connectivity index (χ1) is 8.20. The molecule has 1 nitrogen and oxygen atoms in total. The largest absolute Gasteiger partial charge is 0.457 e. The minimum Gasteiger partial charge on any atom is -0.457 e. The zero-order valence-corrected chi connectivity index (χ0v) is 11.1. The zero-order chi connectivity index (χ0) is 12.3. The van der Waals surface area contributed by atoms with Crippen molar-refractivity contribution < 1.29 is 4.74 Å². The molecule has 17 heavy (non-hydrogen) atoms. The summed E-state index contributed by atoms with van der Waals surface area (Å²) in [6, 6.07) is 12.6. The Labute approximate surface area is 115 Å². The van der Waals surface area contributed by atoms with Crippen LogP contribution in [-0.4, -0.2) is 0 Å². The first kappa shape index (κ1) is 12.6. The summed E-state index contributed by atoms with van der Waals surface area (Å²) < 4.78 is 5.71. The van der Waals surface area contributed by atoms with E-state index >= 15 is 0 Å². The Hall–Kier alpha value is -0.890. The van der Waals surface area contributed by atoms with Crippen LogP contribution in [0.1, 0.15) is 5.56 Å². The van der Waals surface area contributed by atoms with Crippen molar-refractivity contribution in [2.45, 2.75) is 5.88 Å². The van der Waals surface area contributed by atoms with E-state index in [1.54, 1.807) is 30.3 Å². The maximum absolute atomic E-state index is 6.04. The van der Waals surface area contributed by atoms with Crippen molar-refractivity contribution in [1.29, 1.82) is 0 Å². The topological polar surface area (TPSA) is 9.23 Å². The molecule has 2 aromatic carbocycles. The third kappa shape index (κ3) is 3.06. The third-order valence-corrected chi connectivity index (χ3v) is 3.12. The summed E-state index contributed by atoms with van der Waals surface area (Å²) in [6.07, 6.45) is 0. The average Bonchev–Trinajstić information content (AvgIpc) is 2.32. The third-order valence-electron chi connectivity index (χ3n) is 2.25. The molecule has 4 heteroatoms. The predicted octanol–water partition coefficient (Wildman–Crippen LogP) is 5.52. The summed E-state index contributed by atoms with van der Waals surface area (Å²) in [5.74, 6) is 1.67. The molecule has 0 bridgehead atoms. The van der Waals surface area contributed by atoms with Gasteiger partial charge in [0.05, 0.1) is 5.88 Å². The van der Waals surface area contributed by atoms with Crippen LogP contribution in [-0.2, 0) is 5.88 Å². The van der Waals surface area contributed by atoms with E-state index in [0.29, 0.717) is 27.4 Å². The maximum Gasteiger partial charge on any atom is 0.133 e. The molecular weight excluding hydrogens is 279 g/mol. The summed E-state index contributed by atoms with van der Waals surface area (Å²) >= 11 is 17.7. The Balaban J connectivity index is 2.29. The molecule has 0 aromatic heterocycles. The van der Waals surface area contributed by atoms with Gasteiger partial charge in [-0.05, 0) is 36.4 Å². The van der Waals surface area contributed by atoms with E-state index in [-0.39, 0.29) is 0 Å². The SMILES string of the molecule is ClCc1c(Cl)cccc1Oc1ccc(Cl)cc1. The fourth-order valence-corrected chi connectivity index (χ4v) is 2.10. The lowest BCUT2D eigenvalue weighted by Crippen LogP contribution is -1.90. The standard InChI is InChI=1S/C13H9Cl3O/c14-8-11-12(16)2-1-3-13(11)17-10-6-4-9(15)5-7-10/h1-7H,8H2. The lowest BCUT2D eigenvalue weighted by atomic mass is 10.2. The maximum atomic E-state index is 6.04. The van der Waals surface area contributed by atoms with Crippen LogP contribution < -0.4 is 4.74 Å². The van der Waals surface area contributed by atoms with E-state index in [1.165, 1.54) is 0 Å². The van der Waals surface area contributed by atoms with Crippen molar-refractivity contribution in [3.05, 3.63) is 58.1 Å². The fourth-order valence-electron chi connectivity index (χ4n) is 1.39. The number of hydrogen-bond donors (Lipinski definition) is 0. The second-order valence-corrected chi connectivity index (χ2v) is 4.52. The van der Waals surface area contributed by atoms with Crippen LogP contribution in [0.5, 0.6) is 11.5 Å². The first-order valence-corrected chi connectivity index (χ1v) is 6.26. The van der Waals surface area contributed by atoms with Gasteiger partial charge in [-0.3, -0.25) is 0 Å². The van der Waals surface area contributed by atoms with Gasteiger partial charge in [0, 0.05) is 15.6 Å². The van der Waals surface area contributed by atoms with Crippen molar-refractivity contribution >= 4 is 34.8 Å². The van der Waals surface area contributed by atoms with Crippen LogP contribution in [0.3, 0.4) is 0 Å². The Morgan fingerprint density at radius 3 is 2.29 bits per heavy atom. The molecule has 0 saturated carbocycles. The molecule has 2 rings (SSSR count). The lowest BCUT2D eigenvalue weighted by molar-refractivity contribution is 0.478. The number of ether oxygens (including phenoxy) is 1. The molecule has 88 valence electrons. The summed E-state index contributed by atoms with van der Waals surface area (Å²) in [6.45, 7) is 0. The van der Waals surface area contributed by atoms with Crippen molar-refractivity contribution in [1.82, 2.24) is 0 Å². The number of alkyl halides is 1. The smallest absolute Gasteiger partial charge is 0.133 e. The number of hydrogen-bond acceptors (Lipinski definition) is 1. The van der Waals surface area contributed by atoms with Crippen LogP contribution in [0, 0.1) is 0 Å². The molecule has 0 heterocycles. The second kappa shape index (κ2) is 5.63. The Morgan fingerprint density at radius 1 is 0.941 bits per heavy atom. The van der Waals surface area contributed by atoms with Crippen LogP contribution in [0.15, 0.2) is 42.5 Å². The minimum atomic E-state index is 0.308. The van der Waals surface area contributed by atoms with E-state index in [1.807, 2.05) is 12.1 Å². The zero-order valence-electron chi connectivity index (χ0n) is 8.79. The molecule has 0 aliphatic heterocycles.